The summed E-state index contributed by atoms with van der Waals surface area (Å²) in [4.78, 5) is 21.1. The molecule has 0 aliphatic heterocycles. The number of carbonyl (C=O) groups excluding carboxylic acids is 1. The molecule has 7 nitrogen and oxygen atoms in total. The third-order valence-corrected chi connectivity index (χ3v) is 2.41. The summed E-state index contributed by atoms with van der Waals surface area (Å²) in [6, 6.07) is 0. The molecular formula is C7H13O7P-. The molecule has 0 heterocycles. The Morgan fingerprint density at radius 3 is 2.53 bits per heavy atom. The Morgan fingerprint density at radius 1 is 1.53 bits per heavy atom. The van der Waals surface area contributed by atoms with Crippen LogP contribution >= 0.6 is 7.82 Å². The number of aliphatic hydroxyl groups is 1. The fourth-order valence-electron chi connectivity index (χ4n) is 0.769. The highest BCUT2D eigenvalue weighted by atomic mass is 31.2. The Labute approximate surface area is 87.6 Å². The first-order valence-corrected chi connectivity index (χ1v) is 5.43. The van der Waals surface area contributed by atoms with E-state index in [2.05, 4.69) is 13.8 Å². The van der Waals surface area contributed by atoms with E-state index >= 15 is 0 Å². The summed E-state index contributed by atoms with van der Waals surface area (Å²) < 4.78 is 23.9. The van der Waals surface area contributed by atoms with Crippen LogP contribution in [0.1, 0.15) is 0 Å². The van der Waals surface area contributed by atoms with Crippen LogP contribution in [0.25, 0.3) is 0 Å². The molecule has 0 rings (SSSR count). The lowest BCUT2D eigenvalue weighted by Crippen LogP contribution is -2.34. The van der Waals surface area contributed by atoms with Gasteiger partial charge in [-0.05, 0) is 0 Å². The number of aliphatic hydroxyl groups excluding tert-OH is 1. The lowest BCUT2D eigenvalue weighted by Gasteiger charge is -2.28. The predicted octanol–water partition coefficient (Wildman–Crippen LogP) is -1.10. The first-order chi connectivity index (χ1) is 6.96. The first kappa shape index (κ1) is 14.7. The SMILES string of the molecule is COCC(O)C([CH]C=O)OP(=O)([O-])OC. The number of carbonyl (C=O) groups is 1. The largest absolute Gasteiger partial charge is 0.756 e. The van der Waals surface area contributed by atoms with Crippen LogP contribution in [0.4, 0.5) is 0 Å². The molecule has 89 valence electrons. The minimum absolute atomic E-state index is 0.168. The molecule has 0 fully saturated rings. The molecule has 1 N–H and O–H groups in total. The van der Waals surface area contributed by atoms with E-state index in [9.17, 15) is 19.4 Å². The molecule has 0 aromatic carbocycles. The summed E-state index contributed by atoms with van der Waals surface area (Å²) in [5.74, 6) is 0. The third kappa shape index (κ3) is 5.99. The molecule has 0 aliphatic carbocycles. The average Bonchev–Trinajstić information content (AvgIpc) is 2.17. The molecule has 0 saturated carbocycles. The minimum Gasteiger partial charge on any atom is -0.756 e. The van der Waals surface area contributed by atoms with E-state index in [4.69, 9.17) is 0 Å². The van der Waals surface area contributed by atoms with Crippen LogP contribution < -0.4 is 4.89 Å². The molecule has 0 saturated heterocycles. The van der Waals surface area contributed by atoms with Crippen molar-refractivity contribution in [1.82, 2.24) is 0 Å². The predicted molar refractivity (Wildman–Crippen MR) is 47.7 cm³/mol. The van der Waals surface area contributed by atoms with Gasteiger partial charge in [0.2, 0.25) is 0 Å². The number of aldehydes is 1. The molecule has 15 heavy (non-hydrogen) atoms. The van der Waals surface area contributed by atoms with Gasteiger partial charge < -0.3 is 28.6 Å². The number of hydrogen-bond donors (Lipinski definition) is 1. The molecule has 3 atom stereocenters. The number of rotatable bonds is 8. The Bertz CT molecular complexity index is 231. The van der Waals surface area contributed by atoms with Crippen molar-refractivity contribution in [3.05, 3.63) is 6.42 Å². The van der Waals surface area contributed by atoms with Gasteiger partial charge in [0.15, 0.2) is 0 Å². The second kappa shape index (κ2) is 7.05. The molecule has 1 radical (unpaired) electrons. The van der Waals surface area contributed by atoms with E-state index in [0.717, 1.165) is 13.5 Å². The number of methoxy groups -OCH3 is 1. The van der Waals surface area contributed by atoms with Crippen molar-refractivity contribution in [3.8, 4) is 0 Å². The third-order valence-electron chi connectivity index (χ3n) is 1.46. The van der Waals surface area contributed by atoms with Crippen molar-refractivity contribution in [2.45, 2.75) is 12.2 Å². The molecule has 3 unspecified atom stereocenters. The van der Waals surface area contributed by atoms with Gasteiger partial charge in [-0.1, -0.05) is 0 Å². The quantitative estimate of drug-likeness (QED) is 0.424. The zero-order valence-corrected chi connectivity index (χ0v) is 9.25. The van der Waals surface area contributed by atoms with Crippen LogP contribution in [0, 0.1) is 6.42 Å². The zero-order chi connectivity index (χ0) is 11.9. The van der Waals surface area contributed by atoms with Crippen molar-refractivity contribution >= 4 is 14.1 Å². The van der Waals surface area contributed by atoms with Gasteiger partial charge in [-0.3, -0.25) is 4.57 Å². The van der Waals surface area contributed by atoms with Crippen molar-refractivity contribution in [2.24, 2.45) is 0 Å². The standard InChI is InChI=1S/C7H14O7P/c1-12-5-6(9)7(3-4-8)14-15(10,11)13-2/h3-4,6-7,9H,5H2,1-2H3,(H,10,11)/p-1. The fourth-order valence-corrected chi connectivity index (χ4v) is 1.36. The highest BCUT2D eigenvalue weighted by Crippen LogP contribution is 2.39. The summed E-state index contributed by atoms with van der Waals surface area (Å²) >= 11 is 0. The smallest absolute Gasteiger partial charge is 0.267 e. The molecule has 0 bridgehead atoms. The van der Waals surface area contributed by atoms with E-state index in [0.29, 0.717) is 6.29 Å². The first-order valence-electron chi connectivity index (χ1n) is 3.97. The topological polar surface area (TPSA) is 105 Å². The molecule has 0 spiro atoms. The Balaban J connectivity index is 4.38. The van der Waals surface area contributed by atoms with Gasteiger partial charge in [0.05, 0.1) is 13.0 Å². The summed E-state index contributed by atoms with van der Waals surface area (Å²) in [5, 5.41) is 9.34. The van der Waals surface area contributed by atoms with Crippen molar-refractivity contribution in [1.29, 1.82) is 0 Å². The van der Waals surface area contributed by atoms with E-state index < -0.39 is 20.0 Å². The average molecular weight is 240 g/mol. The maximum atomic E-state index is 10.9. The molecule has 8 heteroatoms. The van der Waals surface area contributed by atoms with E-state index in [-0.39, 0.29) is 6.61 Å². The molecule has 0 amide bonds. The summed E-state index contributed by atoms with van der Waals surface area (Å²) in [7, 11) is -2.27. The normalized spacial score (nSPS) is 19.2. The highest BCUT2D eigenvalue weighted by Gasteiger charge is 2.24. The number of phosphoric ester groups is 1. The van der Waals surface area contributed by atoms with Gasteiger partial charge in [-0.2, -0.15) is 0 Å². The van der Waals surface area contributed by atoms with Crippen LogP contribution in [0.5, 0.6) is 0 Å². The van der Waals surface area contributed by atoms with Gasteiger partial charge in [-0.25, -0.2) is 0 Å². The monoisotopic (exact) mass is 240 g/mol. The lowest BCUT2D eigenvalue weighted by atomic mass is 10.2. The van der Waals surface area contributed by atoms with Gasteiger partial charge in [0, 0.05) is 14.2 Å². The number of ether oxygens (including phenoxy) is 1. The van der Waals surface area contributed by atoms with Crippen molar-refractivity contribution in [3.63, 3.8) is 0 Å². The Kier molecular flexibility index (Phi) is 6.91. The second-order valence-electron chi connectivity index (χ2n) is 2.55. The molecule has 0 aliphatic rings. The van der Waals surface area contributed by atoms with E-state index in [1.54, 1.807) is 0 Å². The van der Waals surface area contributed by atoms with Gasteiger partial charge in [0.25, 0.3) is 7.82 Å². The second-order valence-corrected chi connectivity index (χ2v) is 4.02. The van der Waals surface area contributed by atoms with Crippen LogP contribution in [-0.4, -0.2) is 44.4 Å². The summed E-state index contributed by atoms with van der Waals surface area (Å²) in [6.45, 7) is -0.168. The zero-order valence-electron chi connectivity index (χ0n) is 8.36. The highest BCUT2D eigenvalue weighted by molar-refractivity contribution is 7.45. The van der Waals surface area contributed by atoms with Crippen LogP contribution in [0.2, 0.25) is 0 Å². The van der Waals surface area contributed by atoms with E-state index in [1.807, 2.05) is 0 Å². The van der Waals surface area contributed by atoms with Crippen molar-refractivity contribution in [2.75, 3.05) is 20.8 Å². The lowest BCUT2D eigenvalue weighted by molar-refractivity contribution is -0.229. The molecule has 0 aromatic heterocycles. The van der Waals surface area contributed by atoms with Gasteiger partial charge in [-0.15, -0.1) is 0 Å². The maximum Gasteiger partial charge on any atom is 0.267 e. The van der Waals surface area contributed by atoms with Gasteiger partial charge >= 0.3 is 0 Å². The number of hydrogen-bond acceptors (Lipinski definition) is 7. The summed E-state index contributed by atoms with van der Waals surface area (Å²) in [6.07, 6.45) is -1.41. The van der Waals surface area contributed by atoms with Gasteiger partial charge in [0.1, 0.15) is 18.5 Å². The molecule has 0 aromatic rings. The maximum absolute atomic E-state index is 10.9. The molecular weight excluding hydrogens is 227 g/mol. The van der Waals surface area contributed by atoms with Crippen molar-refractivity contribution < 1.29 is 33.1 Å². The summed E-state index contributed by atoms with van der Waals surface area (Å²) in [5.41, 5.74) is 0. The van der Waals surface area contributed by atoms with Crippen LogP contribution in [0.3, 0.4) is 0 Å². The Morgan fingerprint density at radius 2 is 2.13 bits per heavy atom. The number of phosphoric acid groups is 1. The Hall–Kier alpha value is -0.300. The van der Waals surface area contributed by atoms with Crippen LogP contribution in [0.15, 0.2) is 0 Å². The van der Waals surface area contributed by atoms with E-state index in [1.165, 1.54) is 7.11 Å². The fraction of sp³-hybridized carbons (Fsp3) is 0.714. The minimum atomic E-state index is -4.49. The van der Waals surface area contributed by atoms with Crippen LogP contribution in [-0.2, 0) is 23.1 Å².